The molecule has 94 valence electrons. The molecule has 1 saturated carbocycles. The van der Waals surface area contributed by atoms with Crippen LogP contribution in [-0.2, 0) is 0 Å². The largest absolute Gasteiger partial charge is 0.486 e. The van der Waals surface area contributed by atoms with Crippen LogP contribution in [0.3, 0.4) is 0 Å². The van der Waals surface area contributed by atoms with Crippen LogP contribution in [0.2, 0.25) is 0 Å². The lowest BCUT2D eigenvalue weighted by Gasteiger charge is -2.11. The molecule has 1 aliphatic carbocycles. The van der Waals surface area contributed by atoms with Gasteiger partial charge in [-0.15, -0.1) is 0 Å². The average Bonchev–Trinajstić information content (AvgIpc) is 3.03. The van der Waals surface area contributed by atoms with E-state index in [4.69, 9.17) is 4.74 Å². The fraction of sp³-hybridized carbons (Fsp3) is 0.385. The predicted octanol–water partition coefficient (Wildman–Crippen LogP) is 3.35. The van der Waals surface area contributed by atoms with Gasteiger partial charge in [0.25, 0.3) is 0 Å². The highest BCUT2D eigenvalue weighted by Crippen LogP contribution is 2.30. The van der Waals surface area contributed by atoms with E-state index in [1.54, 1.807) is 17.1 Å². The second-order valence-corrected chi connectivity index (χ2v) is 5.17. The SMILES string of the molecule is Brc1c(OC2CCCC2)cnn1-c1ccccn1. The van der Waals surface area contributed by atoms with Crippen molar-refractivity contribution in [1.29, 1.82) is 0 Å². The Balaban J connectivity index is 1.83. The van der Waals surface area contributed by atoms with E-state index in [0.29, 0.717) is 6.10 Å². The number of halogens is 1. The van der Waals surface area contributed by atoms with Gasteiger partial charge < -0.3 is 4.74 Å². The van der Waals surface area contributed by atoms with Crippen molar-refractivity contribution in [1.82, 2.24) is 14.8 Å². The number of nitrogens with zero attached hydrogens (tertiary/aromatic N) is 3. The Hall–Kier alpha value is -1.36. The number of hydrogen-bond donors (Lipinski definition) is 0. The molecular weight excluding hydrogens is 294 g/mol. The van der Waals surface area contributed by atoms with Gasteiger partial charge in [0, 0.05) is 6.20 Å². The van der Waals surface area contributed by atoms with E-state index in [9.17, 15) is 0 Å². The molecule has 4 nitrogen and oxygen atoms in total. The van der Waals surface area contributed by atoms with Crippen LogP contribution in [-0.4, -0.2) is 20.9 Å². The lowest BCUT2D eigenvalue weighted by atomic mass is 10.3. The van der Waals surface area contributed by atoms with Gasteiger partial charge in [-0.3, -0.25) is 0 Å². The Labute approximate surface area is 114 Å². The van der Waals surface area contributed by atoms with Gasteiger partial charge >= 0.3 is 0 Å². The minimum Gasteiger partial charge on any atom is -0.486 e. The van der Waals surface area contributed by atoms with Crippen LogP contribution in [0.1, 0.15) is 25.7 Å². The molecule has 18 heavy (non-hydrogen) atoms. The van der Waals surface area contributed by atoms with E-state index >= 15 is 0 Å². The lowest BCUT2D eigenvalue weighted by molar-refractivity contribution is 0.208. The molecule has 2 heterocycles. The minimum absolute atomic E-state index is 0.336. The predicted molar refractivity (Wildman–Crippen MR) is 71.9 cm³/mol. The maximum atomic E-state index is 5.95. The number of rotatable bonds is 3. The van der Waals surface area contributed by atoms with Crippen molar-refractivity contribution in [2.75, 3.05) is 0 Å². The zero-order valence-electron chi connectivity index (χ0n) is 9.92. The summed E-state index contributed by atoms with van der Waals surface area (Å²) in [6, 6.07) is 5.74. The van der Waals surface area contributed by atoms with Gasteiger partial charge in [0.2, 0.25) is 0 Å². The third-order valence-electron chi connectivity index (χ3n) is 3.14. The number of pyridine rings is 1. The van der Waals surface area contributed by atoms with Gasteiger partial charge in [-0.1, -0.05) is 6.07 Å². The van der Waals surface area contributed by atoms with Crippen LogP contribution in [0, 0.1) is 0 Å². The Kier molecular flexibility index (Phi) is 3.32. The van der Waals surface area contributed by atoms with Crippen molar-refractivity contribution in [3.05, 3.63) is 35.2 Å². The fourth-order valence-corrected chi connectivity index (χ4v) is 2.69. The van der Waals surface area contributed by atoms with Gasteiger partial charge in [-0.2, -0.15) is 5.10 Å². The Morgan fingerprint density at radius 2 is 2.11 bits per heavy atom. The quantitative estimate of drug-likeness (QED) is 0.873. The summed E-state index contributed by atoms with van der Waals surface area (Å²) in [6.07, 6.45) is 8.64. The van der Waals surface area contributed by atoms with Gasteiger partial charge in [-0.05, 0) is 53.7 Å². The fourth-order valence-electron chi connectivity index (χ4n) is 2.22. The van der Waals surface area contributed by atoms with Gasteiger partial charge in [-0.25, -0.2) is 9.67 Å². The zero-order valence-corrected chi connectivity index (χ0v) is 11.5. The molecule has 0 unspecified atom stereocenters. The van der Waals surface area contributed by atoms with Gasteiger partial charge in [0.1, 0.15) is 0 Å². The molecule has 0 aliphatic heterocycles. The van der Waals surface area contributed by atoms with E-state index in [1.165, 1.54) is 12.8 Å². The molecule has 0 atom stereocenters. The third kappa shape index (κ3) is 2.27. The number of aromatic nitrogens is 3. The van der Waals surface area contributed by atoms with E-state index in [2.05, 4.69) is 26.0 Å². The third-order valence-corrected chi connectivity index (χ3v) is 3.87. The van der Waals surface area contributed by atoms with Gasteiger partial charge in [0.05, 0.1) is 12.3 Å². The molecule has 1 aliphatic rings. The summed E-state index contributed by atoms with van der Waals surface area (Å²) >= 11 is 3.53. The molecule has 0 saturated heterocycles. The van der Waals surface area contributed by atoms with E-state index in [0.717, 1.165) is 29.0 Å². The first-order valence-corrected chi connectivity index (χ1v) is 6.95. The van der Waals surface area contributed by atoms with Crippen molar-refractivity contribution >= 4 is 15.9 Å². The summed E-state index contributed by atoms with van der Waals surface area (Å²) < 4.78 is 8.52. The normalized spacial score (nSPS) is 16.1. The second kappa shape index (κ2) is 5.10. The van der Waals surface area contributed by atoms with Crippen LogP contribution in [0.25, 0.3) is 5.82 Å². The summed E-state index contributed by atoms with van der Waals surface area (Å²) in [5.41, 5.74) is 0. The highest BCUT2D eigenvalue weighted by Gasteiger charge is 2.20. The molecule has 0 bridgehead atoms. The maximum Gasteiger partial charge on any atom is 0.172 e. The first-order chi connectivity index (χ1) is 8.84. The van der Waals surface area contributed by atoms with Crippen molar-refractivity contribution in [2.24, 2.45) is 0 Å². The van der Waals surface area contributed by atoms with Gasteiger partial charge in [0.15, 0.2) is 16.2 Å². The molecule has 0 amide bonds. The first-order valence-electron chi connectivity index (χ1n) is 6.16. The highest BCUT2D eigenvalue weighted by atomic mass is 79.9. The summed E-state index contributed by atoms with van der Waals surface area (Å²) in [6.45, 7) is 0. The minimum atomic E-state index is 0.336. The molecule has 2 aromatic rings. The van der Waals surface area contributed by atoms with Crippen LogP contribution in [0.15, 0.2) is 35.2 Å². The number of ether oxygens (including phenoxy) is 1. The van der Waals surface area contributed by atoms with Crippen molar-refractivity contribution in [3.63, 3.8) is 0 Å². The Morgan fingerprint density at radius 3 is 2.83 bits per heavy atom. The summed E-state index contributed by atoms with van der Waals surface area (Å²) in [5.74, 6) is 1.58. The van der Waals surface area contributed by atoms with Crippen molar-refractivity contribution < 1.29 is 4.74 Å². The van der Waals surface area contributed by atoms with Crippen molar-refractivity contribution in [2.45, 2.75) is 31.8 Å². The molecule has 1 fully saturated rings. The standard InChI is InChI=1S/C13H14BrN3O/c14-13-11(18-10-5-1-2-6-10)9-16-17(13)12-7-3-4-8-15-12/h3-4,7-10H,1-2,5-6H2. The Morgan fingerprint density at radius 1 is 1.28 bits per heavy atom. The van der Waals surface area contributed by atoms with Crippen LogP contribution in [0.5, 0.6) is 5.75 Å². The average molecular weight is 308 g/mol. The molecule has 0 N–H and O–H groups in total. The van der Waals surface area contributed by atoms with Crippen LogP contribution < -0.4 is 4.74 Å². The summed E-state index contributed by atoms with van der Waals surface area (Å²) in [4.78, 5) is 4.27. The smallest absolute Gasteiger partial charge is 0.172 e. The van der Waals surface area contributed by atoms with E-state index < -0.39 is 0 Å². The summed E-state index contributed by atoms with van der Waals surface area (Å²) in [5, 5.41) is 4.31. The van der Waals surface area contributed by atoms with Crippen LogP contribution in [0.4, 0.5) is 0 Å². The molecule has 5 heteroatoms. The molecule has 0 spiro atoms. The first kappa shape index (κ1) is 11.7. The lowest BCUT2D eigenvalue weighted by Crippen LogP contribution is -2.10. The highest BCUT2D eigenvalue weighted by molar-refractivity contribution is 9.10. The topological polar surface area (TPSA) is 39.9 Å². The maximum absolute atomic E-state index is 5.95. The molecule has 2 aromatic heterocycles. The Bertz CT molecular complexity index is 520. The molecule has 3 rings (SSSR count). The monoisotopic (exact) mass is 307 g/mol. The molecule has 0 radical (unpaired) electrons. The number of hydrogen-bond acceptors (Lipinski definition) is 3. The zero-order chi connectivity index (χ0) is 12.4. The molecular formula is C13H14BrN3O. The van der Waals surface area contributed by atoms with Crippen molar-refractivity contribution in [3.8, 4) is 11.6 Å². The van der Waals surface area contributed by atoms with E-state index in [-0.39, 0.29) is 0 Å². The van der Waals surface area contributed by atoms with Crippen LogP contribution >= 0.6 is 15.9 Å². The van der Waals surface area contributed by atoms with E-state index in [1.807, 2.05) is 18.2 Å². The second-order valence-electron chi connectivity index (χ2n) is 4.42. The summed E-state index contributed by atoms with van der Waals surface area (Å²) in [7, 11) is 0. The molecule has 0 aromatic carbocycles.